The van der Waals surface area contributed by atoms with Crippen molar-refractivity contribution in [3.05, 3.63) is 75.3 Å². The molecule has 2 aromatic heterocycles. The van der Waals surface area contributed by atoms with Gasteiger partial charge in [-0.2, -0.15) is 0 Å². The summed E-state index contributed by atoms with van der Waals surface area (Å²) < 4.78 is 9.50. The summed E-state index contributed by atoms with van der Waals surface area (Å²) in [6, 6.07) is 7.80. The maximum atomic E-state index is 13.1. The van der Waals surface area contributed by atoms with Crippen LogP contribution in [-0.2, 0) is 5.41 Å². The van der Waals surface area contributed by atoms with E-state index in [-0.39, 0.29) is 21.3 Å². The van der Waals surface area contributed by atoms with Gasteiger partial charge in [-0.3, -0.25) is 9.36 Å². The summed E-state index contributed by atoms with van der Waals surface area (Å²) in [4.78, 5) is 26.6. The molecule has 0 aliphatic carbocycles. The molecule has 8 heteroatoms. The van der Waals surface area contributed by atoms with E-state index < -0.39 is 0 Å². The summed E-state index contributed by atoms with van der Waals surface area (Å²) in [7, 11) is 1.94. The van der Waals surface area contributed by atoms with Crippen LogP contribution in [0.1, 0.15) is 32.2 Å². The molecule has 3 aromatic rings. The van der Waals surface area contributed by atoms with Gasteiger partial charge in [-0.25, -0.2) is 19.5 Å². The van der Waals surface area contributed by atoms with Crippen molar-refractivity contribution in [3.8, 4) is 22.8 Å². The average molecular weight is 495 g/mol. The quantitative estimate of drug-likeness (QED) is 0.500. The zero-order valence-electron chi connectivity index (χ0n) is 18.8. The number of aromatic nitrogens is 4. The molecular formula is C24H25BrN5O2+. The molecule has 0 unspecified atom stereocenters. The van der Waals surface area contributed by atoms with E-state index in [0.717, 1.165) is 34.0 Å². The Balaban J connectivity index is 1.69. The highest BCUT2D eigenvalue weighted by Gasteiger charge is 2.20. The smallest absolute Gasteiger partial charge is 0.276 e. The molecule has 164 valence electrons. The normalized spacial score (nSPS) is 13.3. The van der Waals surface area contributed by atoms with Gasteiger partial charge in [0.2, 0.25) is 11.6 Å². The van der Waals surface area contributed by atoms with Crippen molar-refractivity contribution in [1.29, 1.82) is 0 Å². The molecule has 0 fully saturated rings. The second kappa shape index (κ2) is 8.43. The van der Waals surface area contributed by atoms with E-state index in [9.17, 15) is 4.79 Å². The molecule has 0 N–H and O–H groups in total. The molecule has 0 atom stereocenters. The van der Waals surface area contributed by atoms with Gasteiger partial charge in [0, 0.05) is 17.2 Å². The first-order chi connectivity index (χ1) is 15.1. The Bertz CT molecular complexity index is 1320. The van der Waals surface area contributed by atoms with Crippen molar-refractivity contribution in [2.24, 2.45) is 0 Å². The first-order valence-corrected chi connectivity index (χ1v) is 11.1. The molecule has 1 aliphatic heterocycles. The zero-order chi connectivity index (χ0) is 23.0. The number of hydrogen-bond donors (Lipinski definition) is 0. The predicted molar refractivity (Wildman–Crippen MR) is 128 cm³/mol. The SMILES string of the molecule is Cc1ccc(-c2ccnc(C(C)(C)C)n2)cc1-n1cnc(OCC2=[N+](C)C=C2)c(Br)c1=O. The van der Waals surface area contributed by atoms with Crippen molar-refractivity contribution >= 4 is 21.6 Å². The van der Waals surface area contributed by atoms with Crippen molar-refractivity contribution in [2.45, 2.75) is 33.1 Å². The second-order valence-electron chi connectivity index (χ2n) is 8.76. The van der Waals surface area contributed by atoms with Crippen LogP contribution >= 0.6 is 15.9 Å². The summed E-state index contributed by atoms with van der Waals surface area (Å²) >= 11 is 3.37. The third-order valence-corrected chi connectivity index (χ3v) is 5.95. The van der Waals surface area contributed by atoms with Gasteiger partial charge in [0.1, 0.15) is 23.7 Å². The van der Waals surface area contributed by atoms with Crippen molar-refractivity contribution in [2.75, 3.05) is 13.7 Å². The summed E-state index contributed by atoms with van der Waals surface area (Å²) in [5.74, 6) is 1.04. The molecule has 1 aromatic carbocycles. The third-order valence-electron chi connectivity index (χ3n) is 5.28. The van der Waals surface area contributed by atoms with Gasteiger partial charge in [-0.15, -0.1) is 0 Å². The number of benzene rings is 1. The van der Waals surface area contributed by atoms with E-state index in [1.807, 2.05) is 55.1 Å². The fourth-order valence-electron chi connectivity index (χ4n) is 3.22. The molecule has 0 saturated heterocycles. The largest absolute Gasteiger partial charge is 0.465 e. The Labute approximate surface area is 195 Å². The Hall–Kier alpha value is -3.13. The van der Waals surface area contributed by atoms with Crippen LogP contribution in [0.25, 0.3) is 16.9 Å². The number of nitrogens with zero attached hydrogens (tertiary/aromatic N) is 5. The van der Waals surface area contributed by atoms with E-state index in [1.54, 1.807) is 6.20 Å². The predicted octanol–water partition coefficient (Wildman–Crippen LogP) is 4.05. The van der Waals surface area contributed by atoms with Crippen LogP contribution in [0.4, 0.5) is 0 Å². The lowest BCUT2D eigenvalue weighted by molar-refractivity contribution is -0.434. The monoisotopic (exact) mass is 494 g/mol. The summed E-state index contributed by atoms with van der Waals surface area (Å²) in [6.45, 7) is 8.55. The molecular weight excluding hydrogens is 470 g/mol. The van der Waals surface area contributed by atoms with Gasteiger partial charge >= 0.3 is 0 Å². The van der Waals surface area contributed by atoms with E-state index >= 15 is 0 Å². The van der Waals surface area contributed by atoms with Gasteiger partial charge < -0.3 is 4.74 Å². The summed E-state index contributed by atoms with van der Waals surface area (Å²) in [5.41, 5.74) is 4.01. The second-order valence-corrected chi connectivity index (χ2v) is 9.56. The Morgan fingerprint density at radius 1 is 1.19 bits per heavy atom. The first kappa shape index (κ1) is 22.1. The van der Waals surface area contributed by atoms with E-state index in [4.69, 9.17) is 9.72 Å². The highest BCUT2D eigenvalue weighted by atomic mass is 79.9. The minimum Gasteiger partial charge on any atom is -0.465 e. The lowest BCUT2D eigenvalue weighted by Crippen LogP contribution is -2.26. The van der Waals surface area contributed by atoms with E-state index in [0.29, 0.717) is 6.61 Å². The maximum Gasteiger partial charge on any atom is 0.276 e. The van der Waals surface area contributed by atoms with E-state index in [2.05, 4.69) is 46.7 Å². The van der Waals surface area contributed by atoms with Crippen LogP contribution in [0.15, 0.2) is 58.3 Å². The third kappa shape index (κ3) is 4.27. The van der Waals surface area contributed by atoms with Crippen molar-refractivity contribution in [1.82, 2.24) is 19.5 Å². The van der Waals surface area contributed by atoms with E-state index in [1.165, 1.54) is 10.9 Å². The minimum absolute atomic E-state index is 0.159. The average Bonchev–Trinajstić information content (AvgIpc) is 2.76. The molecule has 0 amide bonds. The summed E-state index contributed by atoms with van der Waals surface area (Å²) in [5, 5.41) is 0. The number of halogens is 1. The van der Waals surface area contributed by atoms with Crippen LogP contribution in [0.3, 0.4) is 0 Å². The topological polar surface area (TPSA) is 72.9 Å². The molecule has 7 nitrogen and oxygen atoms in total. The molecule has 0 spiro atoms. The lowest BCUT2D eigenvalue weighted by atomic mass is 9.95. The molecule has 0 bridgehead atoms. The van der Waals surface area contributed by atoms with Crippen LogP contribution < -0.4 is 10.3 Å². The lowest BCUT2D eigenvalue weighted by Gasteiger charge is -2.17. The minimum atomic E-state index is -0.240. The highest BCUT2D eigenvalue weighted by molar-refractivity contribution is 9.10. The van der Waals surface area contributed by atoms with Crippen molar-refractivity contribution < 1.29 is 9.31 Å². The number of aryl methyl sites for hydroxylation is 1. The molecule has 0 saturated carbocycles. The number of hydrogen-bond acceptors (Lipinski definition) is 5. The fraction of sp³-hybridized carbons (Fsp3) is 0.292. The van der Waals surface area contributed by atoms with Crippen LogP contribution in [0, 0.1) is 6.92 Å². The summed E-state index contributed by atoms with van der Waals surface area (Å²) in [6.07, 6.45) is 7.17. The highest BCUT2D eigenvalue weighted by Crippen LogP contribution is 2.26. The standard InChI is InChI=1S/C24H25BrN5O2/c1-15-6-7-16(18-8-10-26-23(28-18)24(2,3)4)12-19(15)30-14-27-21(20(25)22(30)31)32-13-17-9-11-29(17)5/h6-12,14H,13H2,1-5H3/q+1. The zero-order valence-corrected chi connectivity index (χ0v) is 20.3. The first-order valence-electron chi connectivity index (χ1n) is 10.3. The molecule has 0 radical (unpaired) electrons. The number of rotatable bonds is 5. The Morgan fingerprint density at radius 2 is 1.97 bits per heavy atom. The van der Waals surface area contributed by atoms with Gasteiger partial charge in [-0.05, 0) is 40.5 Å². The fourth-order valence-corrected chi connectivity index (χ4v) is 3.63. The number of ether oxygens (including phenoxy) is 1. The van der Waals surface area contributed by atoms with Gasteiger partial charge in [-0.1, -0.05) is 32.9 Å². The van der Waals surface area contributed by atoms with Crippen molar-refractivity contribution in [3.63, 3.8) is 0 Å². The van der Waals surface area contributed by atoms with Gasteiger partial charge in [0.25, 0.3) is 5.56 Å². The van der Waals surface area contributed by atoms with Gasteiger partial charge in [0.15, 0.2) is 12.8 Å². The molecule has 4 rings (SSSR count). The van der Waals surface area contributed by atoms with Crippen LogP contribution in [0.2, 0.25) is 0 Å². The molecule has 32 heavy (non-hydrogen) atoms. The van der Waals surface area contributed by atoms with Crippen LogP contribution in [0.5, 0.6) is 5.88 Å². The van der Waals surface area contributed by atoms with Gasteiger partial charge in [0.05, 0.1) is 17.5 Å². The maximum absolute atomic E-state index is 13.1. The Morgan fingerprint density at radius 3 is 2.62 bits per heavy atom. The molecule has 1 aliphatic rings. The van der Waals surface area contributed by atoms with Crippen LogP contribution in [-0.4, -0.2) is 43.5 Å². The molecule has 3 heterocycles. The Kier molecular flexibility index (Phi) is 5.81.